The number of hydrogen-bond acceptors (Lipinski definition) is 6. The number of nitrogens with zero attached hydrogens (tertiary/aromatic N) is 3. The van der Waals surface area contributed by atoms with Crippen LogP contribution in [0.4, 0.5) is 0 Å². The second-order valence-electron chi connectivity index (χ2n) is 4.68. The second-order valence-corrected chi connectivity index (χ2v) is 9.77. The summed E-state index contributed by atoms with van der Waals surface area (Å²) in [7, 11) is 0. The number of rotatable bonds is 0. The Morgan fingerprint density at radius 2 is 1.62 bits per heavy atom. The molecule has 0 amide bonds. The van der Waals surface area contributed by atoms with Crippen LogP contribution in [0.2, 0.25) is 5.15 Å². The van der Waals surface area contributed by atoms with Gasteiger partial charge in [-0.1, -0.05) is 11.6 Å². The third kappa shape index (κ3) is 3.74. The van der Waals surface area contributed by atoms with Crippen molar-refractivity contribution < 1.29 is 0 Å². The first-order valence-electron chi connectivity index (χ1n) is 6.58. The van der Waals surface area contributed by atoms with Gasteiger partial charge in [-0.3, -0.25) is 4.79 Å². The molecule has 4 aromatic rings. The highest BCUT2D eigenvalue weighted by Crippen LogP contribution is 2.29. The van der Waals surface area contributed by atoms with Crippen LogP contribution in [0.5, 0.6) is 0 Å². The number of aromatic amines is 1. The zero-order valence-corrected chi connectivity index (χ0v) is 19.1. The van der Waals surface area contributed by atoms with E-state index in [0.717, 1.165) is 32.1 Å². The number of pyridine rings is 2. The average Bonchev–Trinajstić information content (AvgIpc) is 3.12. The molecule has 0 aromatic carbocycles. The van der Waals surface area contributed by atoms with E-state index in [1.54, 1.807) is 35.1 Å². The predicted molar refractivity (Wildman–Crippen MR) is 118 cm³/mol. The van der Waals surface area contributed by atoms with Crippen LogP contribution in [-0.4, -0.2) is 19.9 Å². The summed E-state index contributed by atoms with van der Waals surface area (Å²) in [4.78, 5) is 26.3. The first kappa shape index (κ1) is 18.4. The lowest BCUT2D eigenvalue weighted by atomic mass is 10.4. The smallest absolute Gasteiger partial charge is 0.275 e. The molecule has 1 N–H and O–H groups in total. The number of fused-ring (bicyclic) bond motifs is 2. The normalized spacial score (nSPS) is 10.9. The lowest BCUT2D eigenvalue weighted by molar-refractivity contribution is 1.23. The molecule has 0 aliphatic rings. The zero-order valence-electron chi connectivity index (χ0n) is 12.4. The van der Waals surface area contributed by atoms with Crippen molar-refractivity contribution in [3.8, 4) is 0 Å². The highest BCUT2D eigenvalue weighted by Gasteiger charge is 2.08. The summed E-state index contributed by atoms with van der Waals surface area (Å²) in [6, 6.07) is 0. The quantitative estimate of drug-likeness (QED) is 0.223. The largest absolute Gasteiger partial charge is 0.326 e. The fraction of sp³-hybridized carbons (Fsp3) is 0.143. The Morgan fingerprint density at radius 1 is 1.04 bits per heavy atom. The summed E-state index contributed by atoms with van der Waals surface area (Å²) in [5, 5.41) is 2.45. The van der Waals surface area contributed by atoms with Gasteiger partial charge in [-0.05, 0) is 59.0 Å². The van der Waals surface area contributed by atoms with Crippen molar-refractivity contribution in [1.29, 1.82) is 0 Å². The van der Waals surface area contributed by atoms with Gasteiger partial charge in [0, 0.05) is 16.0 Å². The molecule has 0 aliphatic carbocycles. The molecular weight excluding hydrogens is 594 g/mol. The molecule has 0 spiro atoms. The summed E-state index contributed by atoms with van der Waals surface area (Å²) in [6.07, 6.45) is 3.48. The van der Waals surface area contributed by atoms with Crippen molar-refractivity contribution in [3.05, 3.63) is 45.1 Å². The maximum atomic E-state index is 11.2. The van der Waals surface area contributed by atoms with E-state index < -0.39 is 0 Å². The molecule has 0 atom stereocenters. The average molecular weight is 603 g/mol. The van der Waals surface area contributed by atoms with Crippen molar-refractivity contribution in [2.45, 2.75) is 13.8 Å². The molecule has 0 fully saturated rings. The molecule has 4 heterocycles. The van der Waals surface area contributed by atoms with Crippen molar-refractivity contribution in [1.82, 2.24) is 19.9 Å². The van der Waals surface area contributed by atoms with Crippen LogP contribution in [0.3, 0.4) is 0 Å². The first-order chi connectivity index (χ1) is 11.4. The summed E-state index contributed by atoms with van der Waals surface area (Å²) in [5.74, 6) is 0. The molecule has 0 radical (unpaired) electrons. The molecule has 0 saturated heterocycles. The molecule has 0 aliphatic heterocycles. The van der Waals surface area contributed by atoms with Gasteiger partial charge in [0.15, 0.2) is 5.15 Å². The van der Waals surface area contributed by atoms with Crippen molar-refractivity contribution in [3.63, 3.8) is 0 Å². The Kier molecular flexibility index (Phi) is 5.74. The minimum atomic E-state index is -0.102. The number of thiazole rings is 2. The molecular formula is C14H9ClI2N4OS2. The Balaban J connectivity index is 0.000000141. The van der Waals surface area contributed by atoms with Crippen LogP contribution < -0.4 is 5.56 Å². The SMILES string of the molecule is Cc1nc2c(=O)[nH]cc(I)c2s1.Cc1nc2c(Cl)ncc(I)c2s1. The van der Waals surface area contributed by atoms with Crippen LogP contribution in [0.15, 0.2) is 17.2 Å². The minimum Gasteiger partial charge on any atom is -0.326 e. The molecule has 10 heteroatoms. The fourth-order valence-corrected chi connectivity index (χ4v) is 5.32. The van der Waals surface area contributed by atoms with Gasteiger partial charge in [0.1, 0.15) is 11.0 Å². The van der Waals surface area contributed by atoms with Crippen molar-refractivity contribution in [2.24, 2.45) is 0 Å². The fourth-order valence-electron chi connectivity index (χ4n) is 1.97. The van der Waals surface area contributed by atoms with E-state index >= 15 is 0 Å². The molecule has 0 bridgehead atoms. The minimum absolute atomic E-state index is 0.102. The molecule has 0 saturated carbocycles. The van der Waals surface area contributed by atoms with E-state index in [1.165, 1.54) is 0 Å². The van der Waals surface area contributed by atoms with E-state index in [1.807, 2.05) is 13.8 Å². The number of nitrogens with one attached hydrogen (secondary N) is 1. The number of halogens is 3. The number of aryl methyl sites for hydroxylation is 2. The monoisotopic (exact) mass is 602 g/mol. The van der Waals surface area contributed by atoms with E-state index in [4.69, 9.17) is 11.6 Å². The first-order valence-corrected chi connectivity index (χ1v) is 10.7. The summed E-state index contributed by atoms with van der Waals surface area (Å²) in [6.45, 7) is 3.87. The van der Waals surface area contributed by atoms with Crippen LogP contribution in [-0.2, 0) is 0 Å². The third-order valence-corrected chi connectivity index (χ3v) is 7.62. The topological polar surface area (TPSA) is 71.5 Å². The van der Waals surface area contributed by atoms with E-state index in [9.17, 15) is 4.79 Å². The Morgan fingerprint density at radius 3 is 2.21 bits per heavy atom. The molecule has 4 rings (SSSR count). The van der Waals surface area contributed by atoms with E-state index in [2.05, 4.69) is 65.1 Å². The third-order valence-electron chi connectivity index (χ3n) is 2.93. The van der Waals surface area contributed by atoms with Gasteiger partial charge < -0.3 is 4.98 Å². The maximum Gasteiger partial charge on any atom is 0.275 e. The number of aromatic nitrogens is 4. The lowest BCUT2D eigenvalue weighted by Crippen LogP contribution is -2.05. The maximum absolute atomic E-state index is 11.2. The van der Waals surface area contributed by atoms with Crippen LogP contribution >= 0.6 is 79.5 Å². The van der Waals surface area contributed by atoms with Gasteiger partial charge in [-0.25, -0.2) is 15.0 Å². The predicted octanol–water partition coefficient (Wildman–Crippen LogP) is 5.16. The summed E-state index contributed by atoms with van der Waals surface area (Å²) >= 11 is 13.5. The van der Waals surface area contributed by atoms with Crippen molar-refractivity contribution >= 4 is 99.9 Å². The van der Waals surface area contributed by atoms with Crippen LogP contribution in [0.1, 0.15) is 10.0 Å². The van der Waals surface area contributed by atoms with Gasteiger partial charge in [0.2, 0.25) is 0 Å². The number of hydrogen-bond donors (Lipinski definition) is 1. The molecule has 24 heavy (non-hydrogen) atoms. The Bertz CT molecular complexity index is 1070. The van der Waals surface area contributed by atoms with Gasteiger partial charge in [0.05, 0.1) is 23.0 Å². The Labute approximate surface area is 177 Å². The van der Waals surface area contributed by atoms with Gasteiger partial charge in [-0.2, -0.15) is 0 Å². The van der Waals surface area contributed by atoms with Crippen LogP contribution in [0.25, 0.3) is 20.4 Å². The van der Waals surface area contributed by atoms with E-state index in [-0.39, 0.29) is 5.56 Å². The van der Waals surface area contributed by atoms with E-state index in [0.29, 0.717) is 10.7 Å². The molecule has 5 nitrogen and oxygen atoms in total. The summed E-state index contributed by atoms with van der Waals surface area (Å²) in [5.41, 5.74) is 1.28. The Hall–Kier alpha value is -0.370. The van der Waals surface area contributed by atoms with Crippen molar-refractivity contribution in [2.75, 3.05) is 0 Å². The number of H-pyrrole nitrogens is 1. The van der Waals surface area contributed by atoms with Crippen LogP contribution in [0, 0.1) is 21.0 Å². The standard InChI is InChI=1S/C7H4ClIN2S.C7H5IN2OS/c1-3-11-5-6(12-3)4(9)2-10-7(5)8;1-3-10-5-6(12-3)4(8)2-9-7(5)11/h2H,1H3;2H,1H3,(H,9,11). The highest BCUT2D eigenvalue weighted by atomic mass is 127. The van der Waals surface area contributed by atoms with Gasteiger partial charge in [0.25, 0.3) is 5.56 Å². The van der Waals surface area contributed by atoms with Gasteiger partial charge >= 0.3 is 0 Å². The lowest BCUT2D eigenvalue weighted by Gasteiger charge is -1.92. The zero-order chi connectivity index (χ0) is 17.4. The highest BCUT2D eigenvalue weighted by molar-refractivity contribution is 14.1. The molecule has 4 aromatic heterocycles. The summed E-state index contributed by atoms with van der Waals surface area (Å²) < 4.78 is 4.27. The second kappa shape index (κ2) is 7.48. The molecule has 0 unspecified atom stereocenters. The van der Waals surface area contributed by atoms with Gasteiger partial charge in [-0.15, -0.1) is 22.7 Å². The molecule has 124 valence electrons.